The molecule has 2 saturated heterocycles. The molecule has 2 fully saturated rings. The Labute approximate surface area is 152 Å². The average molecular weight is 351 g/mol. The predicted octanol–water partition coefficient (Wildman–Crippen LogP) is 3.24. The van der Waals surface area contributed by atoms with Gasteiger partial charge in [0.25, 0.3) is 0 Å². The smallest absolute Gasteiger partial charge is 0.410 e. The second kappa shape index (κ2) is 7.23. The molecular formula is C20H21N3O3. The van der Waals surface area contributed by atoms with E-state index in [-0.39, 0.29) is 36.5 Å². The quantitative estimate of drug-likeness (QED) is 0.791. The van der Waals surface area contributed by atoms with E-state index in [9.17, 15) is 9.59 Å². The fraction of sp³-hybridized carbons (Fsp3) is 0.400. The zero-order valence-corrected chi connectivity index (χ0v) is 14.5. The van der Waals surface area contributed by atoms with Gasteiger partial charge in [0.15, 0.2) is 5.78 Å². The molecule has 0 radical (unpaired) electrons. The number of ether oxygens (including phenoxy) is 1. The molecule has 2 bridgehead atoms. The zero-order chi connectivity index (χ0) is 17.9. The van der Waals surface area contributed by atoms with Gasteiger partial charge in [0.2, 0.25) is 0 Å². The molecule has 0 spiro atoms. The van der Waals surface area contributed by atoms with Crippen molar-refractivity contribution in [2.24, 2.45) is 5.92 Å². The van der Waals surface area contributed by atoms with E-state index >= 15 is 0 Å². The molecule has 0 N–H and O–H groups in total. The number of Topliss-reactive ketones (excluding diaryl/α,β-unsaturated/α-hetero) is 1. The van der Waals surface area contributed by atoms with Crippen molar-refractivity contribution in [1.82, 2.24) is 14.9 Å². The fourth-order valence-corrected chi connectivity index (χ4v) is 4.15. The molecule has 2 aliphatic heterocycles. The van der Waals surface area contributed by atoms with Crippen LogP contribution in [0.2, 0.25) is 0 Å². The lowest BCUT2D eigenvalue weighted by molar-refractivity contribution is 0.0485. The van der Waals surface area contributed by atoms with E-state index < -0.39 is 0 Å². The second-order valence-corrected chi connectivity index (χ2v) is 6.99. The van der Waals surface area contributed by atoms with E-state index in [1.807, 2.05) is 35.2 Å². The maximum Gasteiger partial charge on any atom is 0.410 e. The highest BCUT2D eigenvalue weighted by atomic mass is 16.6. The van der Waals surface area contributed by atoms with Crippen molar-refractivity contribution in [2.45, 2.75) is 44.4 Å². The van der Waals surface area contributed by atoms with Crippen LogP contribution in [0.15, 0.2) is 49.1 Å². The fourth-order valence-electron chi connectivity index (χ4n) is 4.15. The Hall–Kier alpha value is -2.76. The van der Waals surface area contributed by atoms with Crippen molar-refractivity contribution in [3.05, 3.63) is 60.2 Å². The first kappa shape index (κ1) is 16.7. The molecule has 0 aliphatic carbocycles. The largest absolute Gasteiger partial charge is 0.445 e. The van der Waals surface area contributed by atoms with Crippen molar-refractivity contribution in [1.29, 1.82) is 0 Å². The topological polar surface area (TPSA) is 72.4 Å². The molecule has 1 aromatic carbocycles. The maximum atomic E-state index is 12.7. The van der Waals surface area contributed by atoms with Gasteiger partial charge in [0, 0.05) is 30.4 Å². The molecule has 2 atom stereocenters. The summed E-state index contributed by atoms with van der Waals surface area (Å²) in [5, 5.41) is 0. The number of hydrogen-bond acceptors (Lipinski definition) is 5. The highest BCUT2D eigenvalue weighted by molar-refractivity contribution is 5.97. The van der Waals surface area contributed by atoms with Crippen LogP contribution in [0.1, 0.15) is 41.6 Å². The van der Waals surface area contributed by atoms with Crippen molar-refractivity contribution in [2.75, 3.05) is 0 Å². The predicted molar refractivity (Wildman–Crippen MR) is 94.4 cm³/mol. The summed E-state index contributed by atoms with van der Waals surface area (Å²) in [4.78, 5) is 35.0. The Morgan fingerprint density at radius 1 is 1.04 bits per heavy atom. The van der Waals surface area contributed by atoms with Crippen molar-refractivity contribution >= 4 is 11.9 Å². The molecule has 6 nitrogen and oxygen atoms in total. The highest BCUT2D eigenvalue weighted by Crippen LogP contribution is 2.40. The summed E-state index contributed by atoms with van der Waals surface area (Å²) in [6.45, 7) is 0.277. The van der Waals surface area contributed by atoms with Gasteiger partial charge in [-0.05, 0) is 31.2 Å². The molecule has 2 aliphatic rings. The minimum absolute atomic E-state index is 0.0725. The number of nitrogens with zero attached hydrogens (tertiary/aromatic N) is 3. The van der Waals surface area contributed by atoms with E-state index in [2.05, 4.69) is 9.97 Å². The molecule has 0 saturated carbocycles. The molecule has 2 unspecified atom stereocenters. The summed E-state index contributed by atoms with van der Waals surface area (Å²) in [5.74, 6) is 0.0106. The number of hydrogen-bond donors (Lipinski definition) is 0. The highest BCUT2D eigenvalue weighted by Gasteiger charge is 2.45. The number of aromatic nitrogens is 2. The SMILES string of the molecule is O=C(c1cncnc1)C1CC2CCC(C1)N2C(=O)OCc1ccccc1. The monoisotopic (exact) mass is 351 g/mol. The van der Waals surface area contributed by atoms with Crippen molar-refractivity contribution < 1.29 is 14.3 Å². The van der Waals surface area contributed by atoms with Gasteiger partial charge in [0.1, 0.15) is 12.9 Å². The van der Waals surface area contributed by atoms with Crippen LogP contribution in [0.5, 0.6) is 0 Å². The second-order valence-electron chi connectivity index (χ2n) is 6.99. The van der Waals surface area contributed by atoms with Crippen LogP contribution < -0.4 is 0 Å². The van der Waals surface area contributed by atoms with Crippen LogP contribution >= 0.6 is 0 Å². The van der Waals surface area contributed by atoms with Gasteiger partial charge in [-0.3, -0.25) is 4.79 Å². The van der Waals surface area contributed by atoms with Gasteiger partial charge in [-0.25, -0.2) is 14.8 Å². The molecule has 26 heavy (non-hydrogen) atoms. The summed E-state index contributed by atoms with van der Waals surface area (Å²) >= 11 is 0. The van der Waals surface area contributed by atoms with Gasteiger partial charge >= 0.3 is 6.09 Å². The zero-order valence-electron chi connectivity index (χ0n) is 14.5. The first-order valence-electron chi connectivity index (χ1n) is 9.00. The summed E-state index contributed by atoms with van der Waals surface area (Å²) in [5.41, 5.74) is 1.53. The van der Waals surface area contributed by atoms with E-state index in [4.69, 9.17) is 4.74 Å². The third-order valence-electron chi connectivity index (χ3n) is 5.36. The minimum Gasteiger partial charge on any atom is -0.445 e. The van der Waals surface area contributed by atoms with Crippen LogP contribution in [0.3, 0.4) is 0 Å². The lowest BCUT2D eigenvalue weighted by Gasteiger charge is -2.37. The third-order valence-corrected chi connectivity index (χ3v) is 5.36. The molecular weight excluding hydrogens is 330 g/mol. The number of benzene rings is 1. The minimum atomic E-state index is -0.268. The number of carbonyl (C=O) groups is 2. The number of carbonyl (C=O) groups excluding carboxylic acids is 2. The van der Waals surface area contributed by atoms with Gasteiger partial charge in [-0.1, -0.05) is 30.3 Å². The molecule has 134 valence electrons. The average Bonchev–Trinajstić information content (AvgIpc) is 2.96. The van der Waals surface area contributed by atoms with E-state index in [1.165, 1.54) is 6.33 Å². The van der Waals surface area contributed by atoms with Gasteiger partial charge < -0.3 is 9.64 Å². The summed E-state index contributed by atoms with van der Waals surface area (Å²) in [6.07, 6.45) is 7.52. The number of fused-ring (bicyclic) bond motifs is 2. The molecule has 2 aromatic rings. The van der Waals surface area contributed by atoms with Gasteiger partial charge in [0.05, 0.1) is 5.56 Å². The first-order chi connectivity index (χ1) is 12.7. The number of piperidine rings is 1. The number of ketones is 1. The van der Waals surface area contributed by atoms with Crippen LogP contribution in [0.25, 0.3) is 0 Å². The molecule has 4 rings (SSSR count). The van der Waals surface area contributed by atoms with Crippen LogP contribution in [-0.4, -0.2) is 38.8 Å². The van der Waals surface area contributed by atoms with Gasteiger partial charge in [-0.2, -0.15) is 0 Å². The Morgan fingerprint density at radius 2 is 1.69 bits per heavy atom. The maximum absolute atomic E-state index is 12.7. The summed E-state index contributed by atoms with van der Waals surface area (Å²) < 4.78 is 5.51. The Morgan fingerprint density at radius 3 is 2.35 bits per heavy atom. The lowest BCUT2D eigenvalue weighted by Crippen LogP contribution is -2.48. The number of amides is 1. The van der Waals surface area contributed by atoms with Crippen molar-refractivity contribution in [3.8, 4) is 0 Å². The van der Waals surface area contributed by atoms with Crippen LogP contribution in [0, 0.1) is 5.92 Å². The molecule has 1 aromatic heterocycles. The van der Waals surface area contributed by atoms with Gasteiger partial charge in [-0.15, -0.1) is 0 Å². The van der Waals surface area contributed by atoms with Crippen molar-refractivity contribution in [3.63, 3.8) is 0 Å². The lowest BCUT2D eigenvalue weighted by atomic mass is 9.85. The Bertz CT molecular complexity index is 767. The summed E-state index contributed by atoms with van der Waals surface area (Å²) in [6, 6.07) is 9.83. The molecule has 1 amide bonds. The molecule has 3 heterocycles. The Balaban J connectivity index is 1.39. The van der Waals surface area contributed by atoms with Crippen LogP contribution in [0.4, 0.5) is 4.79 Å². The normalized spacial score (nSPS) is 24.3. The Kier molecular flexibility index (Phi) is 4.65. The first-order valence-corrected chi connectivity index (χ1v) is 9.00. The van der Waals surface area contributed by atoms with E-state index in [0.717, 1.165) is 18.4 Å². The van der Waals surface area contributed by atoms with Crippen LogP contribution in [-0.2, 0) is 11.3 Å². The number of rotatable bonds is 4. The third kappa shape index (κ3) is 3.31. The van der Waals surface area contributed by atoms with E-state index in [1.54, 1.807) is 12.4 Å². The summed E-state index contributed by atoms with van der Waals surface area (Å²) in [7, 11) is 0. The molecule has 6 heteroatoms. The standard InChI is InChI=1S/C20H21N3O3/c24-19(16-10-21-13-22-11-16)15-8-17-6-7-18(9-15)23(17)20(25)26-12-14-4-2-1-3-5-14/h1-5,10-11,13,15,17-18H,6-9,12H2. The van der Waals surface area contributed by atoms with E-state index in [0.29, 0.717) is 18.4 Å².